The average molecular weight is 342 g/mol. The van der Waals surface area contributed by atoms with Gasteiger partial charge in [0, 0.05) is 24.2 Å². The van der Waals surface area contributed by atoms with Crippen molar-refractivity contribution in [2.45, 2.75) is 46.6 Å². The Morgan fingerprint density at radius 1 is 1.25 bits per heavy atom. The maximum atomic E-state index is 5.23. The van der Waals surface area contributed by atoms with Gasteiger partial charge in [0.2, 0.25) is 0 Å². The van der Waals surface area contributed by atoms with Crippen LogP contribution in [0.3, 0.4) is 0 Å². The Bertz CT molecular complexity index is 396. The van der Waals surface area contributed by atoms with Crippen molar-refractivity contribution in [3.63, 3.8) is 0 Å². The lowest BCUT2D eigenvalue weighted by Crippen LogP contribution is -2.28. The molecule has 2 unspecified atom stereocenters. The number of benzene rings is 1. The Kier molecular flexibility index (Phi) is 7.78. The smallest absolute Gasteiger partial charge is 0.0465 e. The van der Waals surface area contributed by atoms with Crippen LogP contribution in [0.4, 0.5) is 0 Å². The van der Waals surface area contributed by atoms with Crippen LogP contribution in [0.15, 0.2) is 16.6 Å². The first-order valence-electron chi connectivity index (χ1n) is 7.50. The summed E-state index contributed by atoms with van der Waals surface area (Å²) in [7, 11) is 1.77. The van der Waals surface area contributed by atoms with Gasteiger partial charge in [0.1, 0.15) is 0 Å². The highest BCUT2D eigenvalue weighted by molar-refractivity contribution is 9.10. The van der Waals surface area contributed by atoms with Crippen LogP contribution in [0.2, 0.25) is 0 Å². The minimum absolute atomic E-state index is 0.399. The molecule has 0 radical (unpaired) electrons. The van der Waals surface area contributed by atoms with Crippen molar-refractivity contribution in [3.8, 4) is 0 Å². The fourth-order valence-corrected chi connectivity index (χ4v) is 2.81. The predicted molar refractivity (Wildman–Crippen MR) is 90.3 cm³/mol. The number of methoxy groups -OCH3 is 1. The summed E-state index contributed by atoms with van der Waals surface area (Å²) in [5, 5.41) is 3.70. The van der Waals surface area contributed by atoms with Crippen molar-refractivity contribution in [1.82, 2.24) is 5.32 Å². The first-order valence-corrected chi connectivity index (χ1v) is 8.29. The molecule has 1 N–H and O–H groups in total. The molecule has 0 aromatic heterocycles. The molecule has 20 heavy (non-hydrogen) atoms. The summed E-state index contributed by atoms with van der Waals surface area (Å²) >= 11 is 3.65. The van der Waals surface area contributed by atoms with Gasteiger partial charge in [-0.15, -0.1) is 0 Å². The van der Waals surface area contributed by atoms with Gasteiger partial charge in [-0.05, 0) is 55.8 Å². The summed E-state index contributed by atoms with van der Waals surface area (Å²) < 4.78 is 6.46. The van der Waals surface area contributed by atoms with Crippen molar-refractivity contribution in [1.29, 1.82) is 0 Å². The van der Waals surface area contributed by atoms with Gasteiger partial charge in [0.25, 0.3) is 0 Å². The summed E-state index contributed by atoms with van der Waals surface area (Å²) in [6.07, 6.45) is 2.23. The Morgan fingerprint density at radius 2 is 1.85 bits per heavy atom. The molecule has 0 aliphatic carbocycles. The van der Waals surface area contributed by atoms with Gasteiger partial charge in [-0.3, -0.25) is 0 Å². The first-order chi connectivity index (χ1) is 9.51. The number of ether oxygens (including phenoxy) is 1. The molecule has 0 bridgehead atoms. The van der Waals surface area contributed by atoms with E-state index in [0.717, 1.165) is 26.0 Å². The average Bonchev–Trinajstić information content (AvgIpc) is 2.42. The zero-order valence-corrected chi connectivity index (χ0v) is 15.0. The molecular formula is C17H28BrNO. The van der Waals surface area contributed by atoms with Gasteiger partial charge in [-0.1, -0.05) is 41.9 Å². The van der Waals surface area contributed by atoms with E-state index in [1.165, 1.54) is 21.2 Å². The second kappa shape index (κ2) is 8.81. The molecular weight excluding hydrogens is 314 g/mol. The third-order valence-electron chi connectivity index (χ3n) is 3.78. The van der Waals surface area contributed by atoms with Crippen molar-refractivity contribution >= 4 is 15.9 Å². The lowest BCUT2D eigenvalue weighted by atomic mass is 9.90. The molecule has 1 rings (SSSR count). The molecule has 0 spiro atoms. The Morgan fingerprint density at radius 3 is 2.35 bits per heavy atom. The Balaban J connectivity index is 2.97. The van der Waals surface area contributed by atoms with Crippen LogP contribution >= 0.6 is 15.9 Å². The summed E-state index contributed by atoms with van der Waals surface area (Å²) in [5.74, 6) is 0.557. The third-order valence-corrected chi connectivity index (χ3v) is 5.03. The van der Waals surface area contributed by atoms with E-state index in [1.807, 2.05) is 0 Å². The van der Waals surface area contributed by atoms with Crippen LogP contribution in [0.1, 0.15) is 49.4 Å². The monoisotopic (exact) mass is 341 g/mol. The number of hydrogen-bond acceptors (Lipinski definition) is 2. The highest BCUT2D eigenvalue weighted by Crippen LogP contribution is 2.30. The first kappa shape index (κ1) is 17.7. The van der Waals surface area contributed by atoms with Crippen LogP contribution in [0.25, 0.3) is 0 Å². The van der Waals surface area contributed by atoms with Gasteiger partial charge in [-0.25, -0.2) is 0 Å². The third kappa shape index (κ3) is 4.87. The van der Waals surface area contributed by atoms with Crippen LogP contribution in [0, 0.1) is 19.8 Å². The van der Waals surface area contributed by atoms with Crippen molar-refractivity contribution in [2.24, 2.45) is 5.92 Å². The zero-order valence-electron chi connectivity index (χ0n) is 13.4. The molecule has 0 fully saturated rings. The lowest BCUT2D eigenvalue weighted by molar-refractivity contribution is 0.170. The normalized spacial score (nSPS) is 14.3. The van der Waals surface area contributed by atoms with E-state index in [0.29, 0.717) is 12.0 Å². The summed E-state index contributed by atoms with van der Waals surface area (Å²) in [5.41, 5.74) is 4.00. The number of hydrogen-bond donors (Lipinski definition) is 1. The van der Waals surface area contributed by atoms with Gasteiger partial charge in [0.05, 0.1) is 0 Å². The quantitative estimate of drug-likeness (QED) is 0.734. The molecule has 3 heteroatoms. The Labute approximate surface area is 132 Å². The highest BCUT2D eigenvalue weighted by Gasteiger charge is 2.19. The van der Waals surface area contributed by atoms with Crippen LogP contribution in [0.5, 0.6) is 0 Å². The molecule has 114 valence electrons. The number of nitrogens with one attached hydrogen (secondary N) is 1. The van der Waals surface area contributed by atoms with E-state index in [1.54, 1.807) is 7.11 Å². The van der Waals surface area contributed by atoms with E-state index in [2.05, 4.69) is 61.1 Å². The number of rotatable bonds is 8. The lowest BCUT2D eigenvalue weighted by Gasteiger charge is -2.26. The second-order valence-electron chi connectivity index (χ2n) is 5.66. The Hall–Kier alpha value is -0.380. The van der Waals surface area contributed by atoms with Gasteiger partial charge in [0.15, 0.2) is 0 Å². The summed E-state index contributed by atoms with van der Waals surface area (Å²) in [6.45, 7) is 10.7. The van der Waals surface area contributed by atoms with Crippen LogP contribution < -0.4 is 5.32 Å². The number of halogens is 1. The van der Waals surface area contributed by atoms with Crippen LogP contribution in [-0.2, 0) is 4.74 Å². The molecule has 0 heterocycles. The van der Waals surface area contributed by atoms with E-state index in [-0.39, 0.29) is 0 Å². The van der Waals surface area contributed by atoms with Crippen molar-refractivity contribution in [2.75, 3.05) is 20.3 Å². The molecule has 2 atom stereocenters. The molecule has 1 aromatic rings. The minimum Gasteiger partial charge on any atom is -0.385 e. The fraction of sp³-hybridized carbons (Fsp3) is 0.647. The second-order valence-corrected chi connectivity index (χ2v) is 6.45. The maximum Gasteiger partial charge on any atom is 0.0465 e. The largest absolute Gasteiger partial charge is 0.385 e. The summed E-state index contributed by atoms with van der Waals surface area (Å²) in [4.78, 5) is 0. The van der Waals surface area contributed by atoms with Crippen LogP contribution in [-0.4, -0.2) is 20.3 Å². The zero-order chi connectivity index (χ0) is 15.1. The summed E-state index contributed by atoms with van der Waals surface area (Å²) in [6, 6.07) is 5.00. The van der Waals surface area contributed by atoms with Crippen molar-refractivity contribution < 1.29 is 4.74 Å². The van der Waals surface area contributed by atoms with E-state index >= 15 is 0 Å². The van der Waals surface area contributed by atoms with Crippen molar-refractivity contribution in [3.05, 3.63) is 33.3 Å². The van der Waals surface area contributed by atoms with Gasteiger partial charge < -0.3 is 10.1 Å². The SMILES string of the molecule is CCCNC(c1cc(C)c(Br)c(C)c1)C(C)CCOC. The van der Waals surface area contributed by atoms with E-state index in [9.17, 15) is 0 Å². The molecule has 0 saturated carbocycles. The maximum absolute atomic E-state index is 5.23. The fourth-order valence-electron chi connectivity index (χ4n) is 2.58. The van der Waals surface area contributed by atoms with Gasteiger partial charge >= 0.3 is 0 Å². The van der Waals surface area contributed by atoms with E-state index in [4.69, 9.17) is 4.74 Å². The van der Waals surface area contributed by atoms with E-state index < -0.39 is 0 Å². The topological polar surface area (TPSA) is 21.3 Å². The molecule has 1 aromatic carbocycles. The predicted octanol–water partition coefficient (Wildman–Crippen LogP) is 4.78. The van der Waals surface area contributed by atoms with Gasteiger partial charge in [-0.2, -0.15) is 0 Å². The molecule has 0 aliphatic rings. The minimum atomic E-state index is 0.399. The highest BCUT2D eigenvalue weighted by atomic mass is 79.9. The molecule has 0 aliphatic heterocycles. The molecule has 2 nitrogen and oxygen atoms in total. The standard InChI is InChI=1S/C17H28BrNO/c1-6-8-19-17(12(2)7-9-20-5)15-10-13(3)16(18)14(4)11-15/h10-12,17,19H,6-9H2,1-5H3. The molecule has 0 amide bonds. The number of aryl methyl sites for hydroxylation is 2. The molecule has 0 saturated heterocycles.